The van der Waals surface area contributed by atoms with Crippen molar-refractivity contribution in [2.75, 3.05) is 17.2 Å². The van der Waals surface area contributed by atoms with Crippen LogP contribution in [-0.4, -0.2) is 11.5 Å². The van der Waals surface area contributed by atoms with Crippen LogP contribution in [0.5, 0.6) is 0 Å². The lowest BCUT2D eigenvalue weighted by atomic mass is 10.0. The monoisotopic (exact) mass is 307 g/mol. The Morgan fingerprint density at radius 1 is 1.17 bits per heavy atom. The van der Waals surface area contributed by atoms with Crippen LogP contribution in [0.3, 0.4) is 0 Å². The van der Waals surface area contributed by atoms with Gasteiger partial charge in [0.2, 0.25) is 0 Å². The normalized spacial score (nSPS) is 13.4. The van der Waals surface area contributed by atoms with Crippen molar-refractivity contribution in [2.45, 2.75) is 19.4 Å². The highest BCUT2D eigenvalue weighted by Crippen LogP contribution is 2.26. The number of hydrogen-bond donors (Lipinski definition) is 2. The Morgan fingerprint density at radius 2 is 2.13 bits per heavy atom. The molecule has 2 N–H and O–H groups in total. The van der Waals surface area contributed by atoms with Crippen LogP contribution in [0.1, 0.15) is 17.5 Å². The fraction of sp³-hybridized carbons (Fsp3) is 0.211. The van der Waals surface area contributed by atoms with E-state index in [1.54, 1.807) is 24.4 Å². The van der Waals surface area contributed by atoms with E-state index in [2.05, 4.69) is 33.8 Å². The zero-order valence-corrected chi connectivity index (χ0v) is 12.8. The summed E-state index contributed by atoms with van der Waals surface area (Å²) in [6.45, 7) is 1.65. The van der Waals surface area contributed by atoms with Gasteiger partial charge in [-0.3, -0.25) is 4.98 Å². The maximum Gasteiger partial charge on any atom is 0.132 e. The minimum Gasteiger partial charge on any atom is -0.385 e. The van der Waals surface area contributed by atoms with E-state index in [0.29, 0.717) is 11.9 Å². The summed E-state index contributed by atoms with van der Waals surface area (Å²) in [6.07, 6.45) is 4.02. The van der Waals surface area contributed by atoms with Crippen LogP contribution in [0, 0.1) is 5.82 Å². The number of nitrogens with zero attached hydrogens (tertiary/aromatic N) is 1. The Bertz CT molecular complexity index is 860. The third-order valence-corrected chi connectivity index (χ3v) is 4.33. The molecule has 4 heteroatoms. The van der Waals surface area contributed by atoms with Crippen molar-refractivity contribution in [1.29, 1.82) is 0 Å². The largest absolute Gasteiger partial charge is 0.385 e. The molecule has 2 aromatic carbocycles. The quantitative estimate of drug-likeness (QED) is 0.755. The smallest absolute Gasteiger partial charge is 0.132 e. The average Bonchev–Trinajstić information content (AvgIpc) is 2.61. The van der Waals surface area contributed by atoms with E-state index in [9.17, 15) is 4.39 Å². The predicted molar refractivity (Wildman–Crippen MR) is 92.3 cm³/mol. The lowest BCUT2D eigenvalue weighted by molar-refractivity contribution is 0.639. The molecule has 0 aliphatic carbocycles. The second-order valence-corrected chi connectivity index (χ2v) is 5.86. The summed E-state index contributed by atoms with van der Waals surface area (Å²) >= 11 is 0. The zero-order valence-electron chi connectivity index (χ0n) is 12.8. The molecule has 0 spiro atoms. The van der Waals surface area contributed by atoms with Crippen molar-refractivity contribution >= 4 is 22.3 Å². The molecular formula is C19H18FN3. The molecule has 3 nitrogen and oxygen atoms in total. The van der Waals surface area contributed by atoms with Gasteiger partial charge in [-0.25, -0.2) is 4.39 Å². The first-order valence-electron chi connectivity index (χ1n) is 7.94. The van der Waals surface area contributed by atoms with Crippen molar-refractivity contribution in [3.05, 3.63) is 65.6 Å². The van der Waals surface area contributed by atoms with Gasteiger partial charge in [-0.1, -0.05) is 12.1 Å². The number of benzene rings is 2. The van der Waals surface area contributed by atoms with Gasteiger partial charge in [0.1, 0.15) is 5.82 Å². The highest BCUT2D eigenvalue weighted by Gasteiger charge is 2.10. The number of pyridine rings is 1. The van der Waals surface area contributed by atoms with E-state index in [-0.39, 0.29) is 5.82 Å². The van der Waals surface area contributed by atoms with Gasteiger partial charge in [0.25, 0.3) is 0 Å². The molecule has 116 valence electrons. The molecule has 1 aliphatic rings. The third-order valence-electron chi connectivity index (χ3n) is 4.33. The van der Waals surface area contributed by atoms with E-state index < -0.39 is 0 Å². The summed E-state index contributed by atoms with van der Waals surface area (Å²) in [5, 5.41) is 7.42. The van der Waals surface area contributed by atoms with Crippen LogP contribution in [0.25, 0.3) is 10.9 Å². The fourth-order valence-electron chi connectivity index (χ4n) is 3.11. The average molecular weight is 307 g/mol. The minimum atomic E-state index is -0.227. The summed E-state index contributed by atoms with van der Waals surface area (Å²) in [7, 11) is 0. The SMILES string of the molecule is Fc1ccc(CNc2ccc3c(c2)NCCC3)c2ncccc12. The summed E-state index contributed by atoms with van der Waals surface area (Å²) in [5.41, 5.74) is 5.36. The third kappa shape index (κ3) is 2.72. The predicted octanol–water partition coefficient (Wildman–Crippen LogP) is 4.34. The maximum atomic E-state index is 13.8. The molecule has 1 aliphatic heterocycles. The Labute approximate surface area is 134 Å². The molecule has 0 fully saturated rings. The summed E-state index contributed by atoms with van der Waals surface area (Å²) in [6, 6.07) is 13.3. The molecule has 0 amide bonds. The van der Waals surface area contributed by atoms with E-state index in [1.165, 1.54) is 23.7 Å². The number of halogens is 1. The molecule has 0 unspecified atom stereocenters. The summed E-state index contributed by atoms with van der Waals surface area (Å²) in [4.78, 5) is 4.33. The first-order valence-corrected chi connectivity index (χ1v) is 7.94. The standard InChI is InChI=1S/C19H18FN3/c20-17-8-6-14(19-16(17)4-2-10-22-19)12-23-15-7-5-13-3-1-9-21-18(13)11-15/h2,4-8,10-11,21,23H,1,3,9,12H2. The van der Waals surface area contributed by atoms with Gasteiger partial charge in [0.15, 0.2) is 0 Å². The van der Waals surface area contributed by atoms with Crippen LogP contribution in [0.2, 0.25) is 0 Å². The second-order valence-electron chi connectivity index (χ2n) is 5.86. The number of aromatic nitrogens is 1. The van der Waals surface area contributed by atoms with Gasteiger partial charge >= 0.3 is 0 Å². The number of anilines is 2. The molecule has 0 saturated carbocycles. The number of hydrogen-bond acceptors (Lipinski definition) is 3. The summed E-state index contributed by atoms with van der Waals surface area (Å²) < 4.78 is 13.8. The first kappa shape index (κ1) is 14.0. The second kappa shape index (κ2) is 5.88. The lowest BCUT2D eigenvalue weighted by Gasteiger charge is -2.19. The maximum absolute atomic E-state index is 13.8. The van der Waals surface area contributed by atoms with Crippen LogP contribution < -0.4 is 10.6 Å². The van der Waals surface area contributed by atoms with Crippen molar-refractivity contribution in [3.8, 4) is 0 Å². The van der Waals surface area contributed by atoms with Crippen molar-refractivity contribution in [1.82, 2.24) is 4.98 Å². The van der Waals surface area contributed by atoms with Gasteiger partial charge < -0.3 is 10.6 Å². The summed E-state index contributed by atoms with van der Waals surface area (Å²) in [5.74, 6) is -0.227. The fourth-order valence-corrected chi connectivity index (χ4v) is 3.11. The molecule has 3 aromatic rings. The molecule has 1 aromatic heterocycles. The number of nitrogens with one attached hydrogen (secondary N) is 2. The molecule has 2 heterocycles. The number of aryl methyl sites for hydroxylation is 1. The zero-order chi connectivity index (χ0) is 15.6. The molecule has 0 atom stereocenters. The molecule has 0 bridgehead atoms. The van der Waals surface area contributed by atoms with E-state index in [4.69, 9.17) is 0 Å². The Hall–Kier alpha value is -2.62. The number of fused-ring (bicyclic) bond motifs is 2. The topological polar surface area (TPSA) is 37.0 Å². The Balaban J connectivity index is 1.59. The van der Waals surface area contributed by atoms with Gasteiger partial charge in [-0.05, 0) is 54.3 Å². The lowest BCUT2D eigenvalue weighted by Crippen LogP contribution is -2.12. The van der Waals surface area contributed by atoms with Crippen LogP contribution in [0.4, 0.5) is 15.8 Å². The van der Waals surface area contributed by atoms with Crippen LogP contribution in [0.15, 0.2) is 48.7 Å². The van der Waals surface area contributed by atoms with Gasteiger partial charge in [0.05, 0.1) is 5.52 Å². The van der Waals surface area contributed by atoms with E-state index >= 15 is 0 Å². The highest BCUT2D eigenvalue weighted by atomic mass is 19.1. The van der Waals surface area contributed by atoms with Crippen LogP contribution >= 0.6 is 0 Å². The van der Waals surface area contributed by atoms with E-state index in [0.717, 1.165) is 29.7 Å². The van der Waals surface area contributed by atoms with Crippen molar-refractivity contribution < 1.29 is 4.39 Å². The Kier molecular flexibility index (Phi) is 3.58. The van der Waals surface area contributed by atoms with Gasteiger partial charge in [-0.15, -0.1) is 0 Å². The molecular weight excluding hydrogens is 289 g/mol. The van der Waals surface area contributed by atoms with Crippen molar-refractivity contribution in [2.24, 2.45) is 0 Å². The number of rotatable bonds is 3. The molecule has 0 radical (unpaired) electrons. The molecule has 4 rings (SSSR count). The van der Waals surface area contributed by atoms with Gasteiger partial charge in [-0.2, -0.15) is 0 Å². The molecule has 0 saturated heterocycles. The van der Waals surface area contributed by atoms with Crippen LogP contribution in [-0.2, 0) is 13.0 Å². The Morgan fingerprint density at radius 3 is 3.09 bits per heavy atom. The highest BCUT2D eigenvalue weighted by molar-refractivity contribution is 5.82. The van der Waals surface area contributed by atoms with E-state index in [1.807, 2.05) is 0 Å². The van der Waals surface area contributed by atoms with Crippen molar-refractivity contribution in [3.63, 3.8) is 0 Å². The first-order chi connectivity index (χ1) is 11.3. The minimum absolute atomic E-state index is 0.227. The van der Waals surface area contributed by atoms with Gasteiger partial charge in [0, 0.05) is 36.0 Å². The molecule has 23 heavy (non-hydrogen) atoms.